The van der Waals surface area contributed by atoms with E-state index < -0.39 is 0 Å². The van der Waals surface area contributed by atoms with Crippen molar-refractivity contribution in [2.45, 2.75) is 26.2 Å². The molecule has 0 aliphatic rings. The summed E-state index contributed by atoms with van der Waals surface area (Å²) in [7, 11) is 0. The van der Waals surface area contributed by atoms with E-state index in [1.165, 1.54) is 49.4 Å². The lowest BCUT2D eigenvalue weighted by molar-refractivity contribution is 0.620. The number of rotatable bonds is 5. The van der Waals surface area contributed by atoms with Gasteiger partial charge in [-0.25, -0.2) is 4.98 Å². The number of nitrogens with zero attached hydrogens (tertiary/aromatic N) is 1. The van der Waals surface area contributed by atoms with Gasteiger partial charge in [0.15, 0.2) is 5.58 Å². The summed E-state index contributed by atoms with van der Waals surface area (Å²) in [6.45, 7) is 4.58. The molecule has 188 valence electrons. The Kier molecular flexibility index (Phi) is 5.74. The van der Waals surface area contributed by atoms with Crippen LogP contribution in [0.2, 0.25) is 0 Å². The molecule has 0 radical (unpaired) electrons. The minimum absolute atomic E-state index is 0.503. The van der Waals surface area contributed by atoms with Gasteiger partial charge in [-0.3, -0.25) is 0 Å². The van der Waals surface area contributed by atoms with Crippen molar-refractivity contribution in [1.82, 2.24) is 4.98 Å². The van der Waals surface area contributed by atoms with E-state index in [2.05, 4.69) is 111 Å². The van der Waals surface area contributed by atoms with Gasteiger partial charge in [-0.2, -0.15) is 0 Å². The van der Waals surface area contributed by atoms with E-state index in [0.29, 0.717) is 11.8 Å². The molecule has 1 unspecified atom stereocenters. The van der Waals surface area contributed by atoms with Crippen LogP contribution in [-0.4, -0.2) is 4.98 Å². The standard InChI is InChI=1S/C37H29NO/c1-3-24(2)28-21-22-31-32(23-28)36(25-11-5-4-6-12-25)30-14-8-7-13-29(30)35(31)26-17-19-27(20-18-26)37-38-33-15-9-10-16-34(33)39-37/h4-24H,3H2,1-2H3. The normalized spacial score (nSPS) is 12.4. The van der Waals surface area contributed by atoms with E-state index >= 15 is 0 Å². The highest BCUT2D eigenvalue weighted by molar-refractivity contribution is 6.21. The minimum Gasteiger partial charge on any atom is -0.436 e. The number of benzene rings is 6. The second kappa shape index (κ2) is 9.56. The fourth-order valence-electron chi connectivity index (χ4n) is 5.74. The maximum Gasteiger partial charge on any atom is 0.227 e. The summed E-state index contributed by atoms with van der Waals surface area (Å²) in [5.74, 6) is 1.15. The molecule has 0 bridgehead atoms. The van der Waals surface area contributed by atoms with Crippen molar-refractivity contribution in [3.05, 3.63) is 127 Å². The molecule has 1 heterocycles. The highest BCUT2D eigenvalue weighted by Gasteiger charge is 2.18. The zero-order valence-corrected chi connectivity index (χ0v) is 22.2. The largest absolute Gasteiger partial charge is 0.436 e. The van der Waals surface area contributed by atoms with E-state index in [4.69, 9.17) is 9.40 Å². The van der Waals surface area contributed by atoms with Crippen LogP contribution in [0, 0.1) is 0 Å². The average molecular weight is 504 g/mol. The van der Waals surface area contributed by atoms with Gasteiger partial charge in [0, 0.05) is 5.56 Å². The Bertz CT molecular complexity index is 1920. The van der Waals surface area contributed by atoms with Crippen molar-refractivity contribution in [2.75, 3.05) is 0 Å². The molecule has 0 aliphatic carbocycles. The number of aromatic nitrogens is 1. The molecule has 0 fully saturated rings. The lowest BCUT2D eigenvalue weighted by atomic mass is 9.84. The van der Waals surface area contributed by atoms with Gasteiger partial charge in [0.05, 0.1) is 0 Å². The molecule has 7 aromatic rings. The fraction of sp³-hybridized carbons (Fsp3) is 0.108. The van der Waals surface area contributed by atoms with Crippen LogP contribution in [0.15, 0.2) is 126 Å². The van der Waals surface area contributed by atoms with E-state index in [-0.39, 0.29) is 0 Å². The topological polar surface area (TPSA) is 26.0 Å². The molecular formula is C37H29NO. The van der Waals surface area contributed by atoms with Crippen molar-refractivity contribution in [3.8, 4) is 33.7 Å². The minimum atomic E-state index is 0.503. The summed E-state index contributed by atoms with van der Waals surface area (Å²) in [5.41, 5.74) is 9.05. The summed E-state index contributed by atoms with van der Waals surface area (Å²) < 4.78 is 6.04. The van der Waals surface area contributed by atoms with E-state index in [9.17, 15) is 0 Å². The molecule has 39 heavy (non-hydrogen) atoms. The zero-order chi connectivity index (χ0) is 26.3. The molecule has 0 amide bonds. The monoisotopic (exact) mass is 503 g/mol. The molecule has 6 aromatic carbocycles. The fourth-order valence-corrected chi connectivity index (χ4v) is 5.74. The third-order valence-corrected chi connectivity index (χ3v) is 8.01. The molecular weight excluding hydrogens is 474 g/mol. The van der Waals surface area contributed by atoms with Gasteiger partial charge >= 0.3 is 0 Å². The lowest BCUT2D eigenvalue weighted by Crippen LogP contribution is -1.95. The third kappa shape index (κ3) is 4.00. The van der Waals surface area contributed by atoms with Gasteiger partial charge in [-0.1, -0.05) is 111 Å². The maximum atomic E-state index is 6.04. The summed E-state index contributed by atoms with van der Waals surface area (Å²) in [5, 5.41) is 5.11. The van der Waals surface area contributed by atoms with Crippen LogP contribution in [0.1, 0.15) is 31.7 Å². The predicted molar refractivity (Wildman–Crippen MR) is 164 cm³/mol. The zero-order valence-electron chi connectivity index (χ0n) is 22.2. The molecule has 0 aliphatic heterocycles. The van der Waals surface area contributed by atoms with Crippen LogP contribution < -0.4 is 0 Å². The lowest BCUT2D eigenvalue weighted by Gasteiger charge is -2.19. The van der Waals surface area contributed by atoms with Gasteiger partial charge in [-0.05, 0) is 86.0 Å². The second-order valence-electron chi connectivity index (χ2n) is 10.3. The molecule has 7 rings (SSSR count). The number of fused-ring (bicyclic) bond motifs is 3. The van der Waals surface area contributed by atoms with Crippen LogP contribution in [0.25, 0.3) is 66.4 Å². The van der Waals surface area contributed by atoms with Gasteiger partial charge in [-0.15, -0.1) is 0 Å². The van der Waals surface area contributed by atoms with E-state index in [1.54, 1.807) is 0 Å². The Morgan fingerprint density at radius 2 is 1.18 bits per heavy atom. The Hall–Kier alpha value is -4.69. The number of hydrogen-bond donors (Lipinski definition) is 0. The summed E-state index contributed by atoms with van der Waals surface area (Å²) >= 11 is 0. The SMILES string of the molecule is CCC(C)c1ccc2c(-c3ccc(-c4nc5ccccc5o4)cc3)c3ccccc3c(-c3ccccc3)c2c1. The van der Waals surface area contributed by atoms with Crippen molar-refractivity contribution in [1.29, 1.82) is 0 Å². The Balaban J connectivity index is 1.48. The quantitative estimate of drug-likeness (QED) is 0.218. The first-order chi connectivity index (χ1) is 19.2. The maximum absolute atomic E-state index is 6.04. The average Bonchev–Trinajstić information content (AvgIpc) is 3.44. The van der Waals surface area contributed by atoms with Gasteiger partial charge in [0.2, 0.25) is 5.89 Å². The molecule has 2 heteroatoms. The van der Waals surface area contributed by atoms with Gasteiger partial charge in [0.25, 0.3) is 0 Å². The highest BCUT2D eigenvalue weighted by atomic mass is 16.3. The van der Waals surface area contributed by atoms with Crippen LogP contribution in [0.3, 0.4) is 0 Å². The Labute approximate surface area is 228 Å². The summed E-state index contributed by atoms with van der Waals surface area (Å²) in [6, 6.07) is 43.3. The van der Waals surface area contributed by atoms with Crippen molar-refractivity contribution in [3.63, 3.8) is 0 Å². The first-order valence-corrected chi connectivity index (χ1v) is 13.7. The molecule has 0 saturated carbocycles. The molecule has 1 atom stereocenters. The summed E-state index contributed by atoms with van der Waals surface area (Å²) in [4.78, 5) is 4.70. The molecule has 0 spiro atoms. The van der Waals surface area contributed by atoms with Crippen molar-refractivity contribution < 1.29 is 4.42 Å². The van der Waals surface area contributed by atoms with Crippen molar-refractivity contribution >= 4 is 32.6 Å². The predicted octanol–water partition coefficient (Wildman–Crippen LogP) is 10.6. The molecule has 0 N–H and O–H groups in total. The van der Waals surface area contributed by atoms with Crippen LogP contribution in [-0.2, 0) is 0 Å². The number of hydrogen-bond acceptors (Lipinski definition) is 2. The van der Waals surface area contributed by atoms with Crippen LogP contribution >= 0.6 is 0 Å². The van der Waals surface area contributed by atoms with E-state index in [0.717, 1.165) is 23.1 Å². The van der Waals surface area contributed by atoms with E-state index in [1.807, 2.05) is 24.3 Å². The van der Waals surface area contributed by atoms with Gasteiger partial charge in [0.1, 0.15) is 5.52 Å². The first kappa shape index (κ1) is 23.4. The highest BCUT2D eigenvalue weighted by Crippen LogP contribution is 2.44. The Morgan fingerprint density at radius 1 is 0.590 bits per heavy atom. The first-order valence-electron chi connectivity index (χ1n) is 13.7. The third-order valence-electron chi connectivity index (χ3n) is 8.01. The van der Waals surface area contributed by atoms with Gasteiger partial charge < -0.3 is 4.42 Å². The second-order valence-corrected chi connectivity index (χ2v) is 10.3. The molecule has 1 aromatic heterocycles. The van der Waals surface area contributed by atoms with Crippen LogP contribution in [0.4, 0.5) is 0 Å². The number of para-hydroxylation sites is 2. The van der Waals surface area contributed by atoms with Crippen molar-refractivity contribution in [2.24, 2.45) is 0 Å². The molecule has 0 saturated heterocycles. The summed E-state index contributed by atoms with van der Waals surface area (Å²) in [6.07, 6.45) is 1.11. The molecule has 2 nitrogen and oxygen atoms in total. The number of oxazole rings is 1. The van der Waals surface area contributed by atoms with Crippen LogP contribution in [0.5, 0.6) is 0 Å². The smallest absolute Gasteiger partial charge is 0.227 e. The Morgan fingerprint density at radius 3 is 1.90 bits per heavy atom.